The van der Waals surface area contributed by atoms with E-state index in [1.54, 1.807) is 7.11 Å². The predicted octanol–water partition coefficient (Wildman–Crippen LogP) is 2.93. The van der Waals surface area contributed by atoms with Crippen molar-refractivity contribution in [3.05, 3.63) is 17.0 Å². The zero-order valence-corrected chi connectivity index (χ0v) is 14.0. The Balaban J connectivity index is 2.92. The average molecular weight is 281 g/mol. The Hall–Kier alpha value is -0.870. The third kappa shape index (κ3) is 4.32. The van der Waals surface area contributed by atoms with Crippen molar-refractivity contribution in [2.45, 2.75) is 72.6 Å². The molecule has 0 unspecified atom stereocenters. The maximum absolute atomic E-state index is 5.51. The molecule has 4 heteroatoms. The number of rotatable bonds is 9. The molecule has 116 valence electrons. The third-order valence-corrected chi connectivity index (χ3v) is 3.95. The number of hydrogen-bond acceptors (Lipinski definition) is 3. The molecule has 0 aliphatic rings. The summed E-state index contributed by atoms with van der Waals surface area (Å²) in [5, 5.41) is 8.24. The molecule has 1 N–H and O–H groups in total. The van der Waals surface area contributed by atoms with Crippen molar-refractivity contribution < 1.29 is 4.74 Å². The van der Waals surface area contributed by atoms with Gasteiger partial charge in [0, 0.05) is 31.5 Å². The molecule has 0 amide bonds. The monoisotopic (exact) mass is 281 g/mol. The maximum Gasteiger partial charge on any atom is 0.0669 e. The standard InChI is InChI=1S/C16H31N3O/c1-7-14-13(12-17-9-3)15(8-2)19(18-14)11-10-16(4,5)20-6/h17H,7-12H2,1-6H3. The van der Waals surface area contributed by atoms with Gasteiger partial charge in [-0.2, -0.15) is 5.10 Å². The zero-order valence-electron chi connectivity index (χ0n) is 14.0. The first-order valence-electron chi connectivity index (χ1n) is 7.82. The van der Waals surface area contributed by atoms with E-state index in [2.05, 4.69) is 44.6 Å². The maximum atomic E-state index is 5.51. The number of aryl methyl sites for hydroxylation is 2. The van der Waals surface area contributed by atoms with Crippen LogP contribution in [0.15, 0.2) is 0 Å². The summed E-state index contributed by atoms with van der Waals surface area (Å²) in [6, 6.07) is 0. The van der Waals surface area contributed by atoms with Crippen LogP contribution in [0.1, 0.15) is 58.0 Å². The lowest BCUT2D eigenvalue weighted by Gasteiger charge is -2.23. The van der Waals surface area contributed by atoms with Gasteiger partial charge in [0.2, 0.25) is 0 Å². The highest BCUT2D eigenvalue weighted by Crippen LogP contribution is 2.20. The van der Waals surface area contributed by atoms with Gasteiger partial charge in [-0.05, 0) is 39.7 Å². The molecular formula is C16H31N3O. The number of hydrogen-bond donors (Lipinski definition) is 1. The van der Waals surface area contributed by atoms with Crippen LogP contribution in [-0.4, -0.2) is 29.0 Å². The van der Waals surface area contributed by atoms with Gasteiger partial charge in [0.05, 0.1) is 11.3 Å². The molecule has 0 radical (unpaired) electrons. The molecule has 0 saturated carbocycles. The van der Waals surface area contributed by atoms with Crippen LogP contribution < -0.4 is 5.32 Å². The fourth-order valence-electron chi connectivity index (χ4n) is 2.38. The van der Waals surface area contributed by atoms with Gasteiger partial charge in [-0.1, -0.05) is 20.8 Å². The van der Waals surface area contributed by atoms with Gasteiger partial charge in [-0.25, -0.2) is 0 Å². The lowest BCUT2D eigenvalue weighted by atomic mass is 10.1. The van der Waals surface area contributed by atoms with Crippen molar-refractivity contribution in [1.29, 1.82) is 0 Å². The van der Waals surface area contributed by atoms with E-state index in [0.717, 1.165) is 38.9 Å². The highest BCUT2D eigenvalue weighted by Gasteiger charge is 2.19. The van der Waals surface area contributed by atoms with E-state index in [9.17, 15) is 0 Å². The third-order valence-electron chi connectivity index (χ3n) is 3.95. The van der Waals surface area contributed by atoms with Crippen LogP contribution >= 0.6 is 0 Å². The van der Waals surface area contributed by atoms with E-state index >= 15 is 0 Å². The Morgan fingerprint density at radius 1 is 1.20 bits per heavy atom. The second kappa shape index (κ2) is 7.79. The van der Waals surface area contributed by atoms with E-state index < -0.39 is 0 Å². The Morgan fingerprint density at radius 3 is 2.40 bits per heavy atom. The molecule has 1 heterocycles. The molecule has 1 aromatic heterocycles. The van der Waals surface area contributed by atoms with Gasteiger partial charge in [-0.3, -0.25) is 4.68 Å². The quantitative estimate of drug-likeness (QED) is 0.756. The summed E-state index contributed by atoms with van der Waals surface area (Å²) in [7, 11) is 1.78. The number of nitrogens with zero attached hydrogens (tertiary/aromatic N) is 2. The Bertz CT molecular complexity index is 410. The summed E-state index contributed by atoms with van der Waals surface area (Å²) in [5.74, 6) is 0. The molecule has 0 fully saturated rings. The predicted molar refractivity (Wildman–Crippen MR) is 84.1 cm³/mol. The molecule has 0 bridgehead atoms. The van der Waals surface area contributed by atoms with Crippen molar-refractivity contribution in [2.24, 2.45) is 0 Å². The smallest absolute Gasteiger partial charge is 0.0669 e. The molecule has 20 heavy (non-hydrogen) atoms. The fraction of sp³-hybridized carbons (Fsp3) is 0.812. The summed E-state index contributed by atoms with van der Waals surface area (Å²) in [5.41, 5.74) is 3.91. The molecule has 0 aliphatic carbocycles. The van der Waals surface area contributed by atoms with Gasteiger partial charge in [0.25, 0.3) is 0 Å². The minimum atomic E-state index is -0.0921. The fourth-order valence-corrected chi connectivity index (χ4v) is 2.38. The lowest BCUT2D eigenvalue weighted by Crippen LogP contribution is -2.25. The van der Waals surface area contributed by atoms with E-state index in [1.165, 1.54) is 17.0 Å². The first kappa shape index (κ1) is 17.2. The molecule has 0 saturated heterocycles. The zero-order chi connectivity index (χ0) is 15.2. The van der Waals surface area contributed by atoms with Gasteiger partial charge in [0.1, 0.15) is 0 Å². The van der Waals surface area contributed by atoms with E-state index in [0.29, 0.717) is 0 Å². The Kier molecular flexibility index (Phi) is 6.69. The van der Waals surface area contributed by atoms with Crippen LogP contribution in [0, 0.1) is 0 Å². The van der Waals surface area contributed by atoms with E-state index in [-0.39, 0.29) is 5.60 Å². The molecule has 1 rings (SSSR count). The van der Waals surface area contributed by atoms with E-state index in [4.69, 9.17) is 9.84 Å². The SMILES string of the molecule is CCNCc1c(CC)nn(CCC(C)(C)OC)c1CC. The summed E-state index contributed by atoms with van der Waals surface area (Å²) in [6.45, 7) is 13.6. The molecule has 0 aliphatic heterocycles. The molecule has 0 aromatic carbocycles. The Labute approximate surface area is 123 Å². The molecule has 4 nitrogen and oxygen atoms in total. The summed E-state index contributed by atoms with van der Waals surface area (Å²) < 4.78 is 7.69. The molecule has 0 atom stereocenters. The van der Waals surface area contributed by atoms with Crippen molar-refractivity contribution >= 4 is 0 Å². The highest BCUT2D eigenvalue weighted by atomic mass is 16.5. The summed E-state index contributed by atoms with van der Waals surface area (Å²) in [6.07, 6.45) is 3.00. The summed E-state index contributed by atoms with van der Waals surface area (Å²) >= 11 is 0. The number of methoxy groups -OCH3 is 1. The molecular weight excluding hydrogens is 250 g/mol. The van der Waals surface area contributed by atoms with Crippen LogP contribution in [0.2, 0.25) is 0 Å². The number of nitrogens with one attached hydrogen (secondary N) is 1. The topological polar surface area (TPSA) is 39.1 Å². The second-order valence-corrected chi connectivity index (χ2v) is 5.80. The normalized spacial score (nSPS) is 12.1. The number of aromatic nitrogens is 2. The van der Waals surface area contributed by atoms with Crippen LogP contribution in [0.3, 0.4) is 0 Å². The van der Waals surface area contributed by atoms with Crippen molar-refractivity contribution in [3.63, 3.8) is 0 Å². The molecule has 1 aromatic rings. The first-order valence-corrected chi connectivity index (χ1v) is 7.82. The second-order valence-electron chi connectivity index (χ2n) is 5.80. The highest BCUT2D eigenvalue weighted by molar-refractivity contribution is 5.26. The first-order chi connectivity index (χ1) is 9.49. The lowest BCUT2D eigenvalue weighted by molar-refractivity contribution is 0.0111. The van der Waals surface area contributed by atoms with Crippen molar-refractivity contribution in [2.75, 3.05) is 13.7 Å². The van der Waals surface area contributed by atoms with Gasteiger partial charge in [-0.15, -0.1) is 0 Å². The van der Waals surface area contributed by atoms with Gasteiger partial charge < -0.3 is 10.1 Å². The van der Waals surface area contributed by atoms with Gasteiger partial charge >= 0.3 is 0 Å². The number of ether oxygens (including phenoxy) is 1. The van der Waals surface area contributed by atoms with E-state index in [1.807, 2.05) is 0 Å². The minimum absolute atomic E-state index is 0.0921. The molecule has 0 spiro atoms. The largest absolute Gasteiger partial charge is 0.379 e. The minimum Gasteiger partial charge on any atom is -0.379 e. The Morgan fingerprint density at radius 2 is 1.90 bits per heavy atom. The summed E-state index contributed by atoms with van der Waals surface area (Å²) in [4.78, 5) is 0. The van der Waals surface area contributed by atoms with Crippen LogP contribution in [-0.2, 0) is 30.7 Å². The van der Waals surface area contributed by atoms with Crippen LogP contribution in [0.4, 0.5) is 0 Å². The van der Waals surface area contributed by atoms with Crippen molar-refractivity contribution in [1.82, 2.24) is 15.1 Å². The van der Waals surface area contributed by atoms with Crippen molar-refractivity contribution in [3.8, 4) is 0 Å². The van der Waals surface area contributed by atoms with Crippen LogP contribution in [0.5, 0.6) is 0 Å². The van der Waals surface area contributed by atoms with Gasteiger partial charge in [0.15, 0.2) is 0 Å². The average Bonchev–Trinajstić information content (AvgIpc) is 2.79. The van der Waals surface area contributed by atoms with Crippen LogP contribution in [0.25, 0.3) is 0 Å².